The Morgan fingerprint density at radius 3 is 1.21 bits per heavy atom. The summed E-state index contributed by atoms with van der Waals surface area (Å²) in [4.78, 5) is 17.3. The fourth-order valence-electron chi connectivity index (χ4n) is 6.65. The third-order valence-electron chi connectivity index (χ3n) is 9.64. The molecule has 4 nitrogen and oxygen atoms in total. The number of aromatic nitrogens is 3. The van der Waals surface area contributed by atoms with E-state index >= 15 is 0 Å². The van der Waals surface area contributed by atoms with Crippen LogP contribution < -0.4 is 15.3 Å². The number of hydrogen-bond donors (Lipinski definition) is 0. The monoisotopic (exact) mass is 660 g/mol. The summed E-state index contributed by atoms with van der Waals surface area (Å²) in [7, 11) is -3.05. The molecule has 1 aromatic heterocycles. The summed E-state index contributed by atoms with van der Waals surface area (Å²) < 4.78 is 0. The van der Waals surface area contributed by atoms with Crippen molar-refractivity contribution in [2.75, 3.05) is 4.90 Å². The third-order valence-corrected chi connectivity index (χ3v) is 13.7. The Labute approximate surface area is 287 Å². The van der Waals surface area contributed by atoms with Crippen molar-refractivity contribution in [2.45, 2.75) is 58.5 Å². The van der Waals surface area contributed by atoms with Gasteiger partial charge < -0.3 is 4.90 Å². The molecule has 0 amide bonds. The molecule has 7 rings (SSSR count). The van der Waals surface area contributed by atoms with Gasteiger partial charge in [0, 0.05) is 27.8 Å². The van der Waals surface area contributed by atoms with Crippen LogP contribution in [0, 0.1) is 0 Å². The van der Waals surface area contributed by atoms with Gasteiger partial charge in [-0.3, -0.25) is 0 Å². The largest absolute Gasteiger partial charge is 0.310 e. The highest BCUT2D eigenvalue weighted by atomic mass is 28.3. The van der Waals surface area contributed by atoms with Crippen LogP contribution in [0.4, 0.5) is 17.1 Å². The lowest BCUT2D eigenvalue weighted by Crippen LogP contribution is -2.42. The summed E-state index contributed by atoms with van der Waals surface area (Å²) in [6, 6.07) is 43.5. The van der Waals surface area contributed by atoms with Crippen LogP contribution in [0.5, 0.6) is 0 Å². The minimum Gasteiger partial charge on any atom is -0.310 e. The van der Waals surface area contributed by atoms with E-state index < -0.39 is 16.1 Å². The summed E-state index contributed by atoms with van der Waals surface area (Å²) in [5, 5.41) is 2.99. The van der Waals surface area contributed by atoms with E-state index in [2.05, 4.69) is 119 Å². The van der Waals surface area contributed by atoms with E-state index in [1.165, 1.54) is 32.9 Å². The Morgan fingerprint density at radius 2 is 0.833 bits per heavy atom. The fraction of sp³-hybridized carbons (Fsp3) is 0.214. The predicted octanol–water partition coefficient (Wildman–Crippen LogP) is 10.1. The maximum Gasteiger partial charge on any atom is 0.164 e. The number of fused-ring (bicyclic) bond motifs is 2. The molecule has 0 radical (unpaired) electrons. The molecule has 6 heteroatoms. The van der Waals surface area contributed by atoms with Gasteiger partial charge in [0.25, 0.3) is 0 Å². The molecule has 0 atom stereocenters. The van der Waals surface area contributed by atoms with E-state index in [9.17, 15) is 0 Å². The second kappa shape index (κ2) is 11.8. The lowest BCUT2D eigenvalue weighted by atomic mass is 9.73. The average molecular weight is 661 g/mol. The number of benzene rings is 5. The number of nitrogens with zero attached hydrogens (tertiary/aromatic N) is 4. The van der Waals surface area contributed by atoms with Gasteiger partial charge in [-0.05, 0) is 47.5 Å². The molecule has 2 heterocycles. The van der Waals surface area contributed by atoms with Crippen LogP contribution in [0.25, 0.3) is 34.2 Å². The number of rotatable bonds is 6. The average Bonchev–Trinajstić information content (AvgIpc) is 3.08. The molecule has 0 spiro atoms. The van der Waals surface area contributed by atoms with E-state index in [4.69, 9.17) is 15.0 Å². The Morgan fingerprint density at radius 1 is 0.458 bits per heavy atom. The Balaban J connectivity index is 1.37. The molecule has 1 aliphatic rings. The molecule has 1 aliphatic heterocycles. The maximum atomic E-state index is 4.97. The second-order valence-electron chi connectivity index (χ2n) is 15.5. The first-order chi connectivity index (χ1) is 22.8. The number of hydrogen-bond acceptors (Lipinski definition) is 4. The van der Waals surface area contributed by atoms with Crippen LogP contribution in [0.15, 0.2) is 121 Å². The van der Waals surface area contributed by atoms with Crippen LogP contribution in [0.3, 0.4) is 0 Å². The van der Waals surface area contributed by atoms with Crippen LogP contribution in [0.2, 0.25) is 39.3 Å². The van der Waals surface area contributed by atoms with Gasteiger partial charge in [0.1, 0.15) is 0 Å². The molecular weight excluding hydrogens is 617 g/mol. The van der Waals surface area contributed by atoms with E-state index in [1.54, 1.807) is 0 Å². The van der Waals surface area contributed by atoms with Gasteiger partial charge in [0.05, 0.1) is 27.5 Å². The van der Waals surface area contributed by atoms with Crippen LogP contribution >= 0.6 is 0 Å². The van der Waals surface area contributed by atoms with Gasteiger partial charge in [-0.15, -0.1) is 0 Å². The van der Waals surface area contributed by atoms with E-state index in [0.717, 1.165) is 22.4 Å². The van der Waals surface area contributed by atoms with Gasteiger partial charge in [-0.25, -0.2) is 15.0 Å². The Kier molecular flexibility index (Phi) is 7.84. The first-order valence-electron chi connectivity index (χ1n) is 16.9. The first kappa shape index (κ1) is 31.9. The molecule has 0 aliphatic carbocycles. The topological polar surface area (TPSA) is 41.9 Å². The molecule has 5 aromatic carbocycles. The predicted molar refractivity (Wildman–Crippen MR) is 209 cm³/mol. The zero-order valence-electron chi connectivity index (χ0n) is 29.3. The van der Waals surface area contributed by atoms with Gasteiger partial charge in [-0.2, -0.15) is 0 Å². The highest BCUT2D eigenvalue weighted by molar-refractivity contribution is 6.89. The lowest BCUT2D eigenvalue weighted by molar-refractivity contribution is 0.633. The van der Waals surface area contributed by atoms with Crippen molar-refractivity contribution in [3.63, 3.8) is 0 Å². The standard InChI is InChI=1S/C42H44N4Si2/c1-42(2)35-27-33(47(3,4)5)23-25-37(35)46(38-26-24-34(28-36(38)42)48(6,7)8)32-21-19-31(20-22-32)41-44-39(29-15-11-9-12-16-29)43-40(45-41)30-17-13-10-14-18-30/h9-28H,1-8H3. The summed E-state index contributed by atoms with van der Waals surface area (Å²) in [5.41, 5.74) is 9.17. The van der Waals surface area contributed by atoms with Crippen molar-refractivity contribution in [1.82, 2.24) is 15.0 Å². The Bertz CT molecular complexity index is 1990. The lowest BCUT2D eigenvalue weighted by Gasteiger charge is -2.43. The van der Waals surface area contributed by atoms with E-state index in [1.807, 2.05) is 60.7 Å². The van der Waals surface area contributed by atoms with Crippen LogP contribution in [0.1, 0.15) is 25.0 Å². The highest BCUT2D eigenvalue weighted by Crippen LogP contribution is 2.51. The molecule has 48 heavy (non-hydrogen) atoms. The van der Waals surface area contributed by atoms with Crippen molar-refractivity contribution in [3.8, 4) is 34.2 Å². The van der Waals surface area contributed by atoms with Gasteiger partial charge in [0.15, 0.2) is 17.5 Å². The van der Waals surface area contributed by atoms with Crippen molar-refractivity contribution >= 4 is 43.6 Å². The first-order valence-corrected chi connectivity index (χ1v) is 23.9. The SMILES string of the molecule is CC1(C)c2cc([Si](C)(C)C)ccc2N(c2ccc(-c3nc(-c4ccccc4)nc(-c4ccccc4)n3)cc2)c2ccc([Si](C)(C)C)cc21. The quantitative estimate of drug-likeness (QED) is 0.167. The molecule has 0 saturated carbocycles. The molecule has 240 valence electrons. The second-order valence-corrected chi connectivity index (χ2v) is 25.7. The molecule has 0 saturated heterocycles. The molecule has 0 N–H and O–H groups in total. The minimum absolute atomic E-state index is 0.126. The summed E-state index contributed by atoms with van der Waals surface area (Å²) >= 11 is 0. The van der Waals surface area contributed by atoms with E-state index in [0.29, 0.717) is 17.5 Å². The highest BCUT2D eigenvalue weighted by Gasteiger charge is 2.38. The zero-order valence-corrected chi connectivity index (χ0v) is 31.3. The smallest absolute Gasteiger partial charge is 0.164 e. The Hall–Kier alpha value is -4.66. The molecular formula is C42H44N4Si2. The zero-order chi connectivity index (χ0) is 33.8. The van der Waals surface area contributed by atoms with Crippen molar-refractivity contribution in [1.29, 1.82) is 0 Å². The maximum absolute atomic E-state index is 4.97. The van der Waals surface area contributed by atoms with Crippen molar-refractivity contribution in [3.05, 3.63) is 132 Å². The summed E-state index contributed by atoms with van der Waals surface area (Å²) in [6.07, 6.45) is 0. The van der Waals surface area contributed by atoms with Crippen LogP contribution in [-0.2, 0) is 5.41 Å². The van der Waals surface area contributed by atoms with Gasteiger partial charge >= 0.3 is 0 Å². The fourth-order valence-corrected chi connectivity index (χ4v) is 8.97. The molecule has 0 fully saturated rings. The van der Waals surface area contributed by atoms with Crippen molar-refractivity contribution in [2.24, 2.45) is 0 Å². The van der Waals surface area contributed by atoms with Crippen LogP contribution in [-0.4, -0.2) is 31.1 Å². The normalized spacial score (nSPS) is 14.0. The number of anilines is 3. The van der Waals surface area contributed by atoms with Crippen molar-refractivity contribution < 1.29 is 0 Å². The molecule has 0 bridgehead atoms. The van der Waals surface area contributed by atoms with E-state index in [-0.39, 0.29) is 5.41 Å². The molecule has 6 aromatic rings. The van der Waals surface area contributed by atoms with Gasteiger partial charge in [0.2, 0.25) is 0 Å². The van der Waals surface area contributed by atoms with Gasteiger partial charge in [-0.1, -0.05) is 148 Å². The summed E-state index contributed by atoms with van der Waals surface area (Å²) in [5.74, 6) is 2.00. The molecule has 0 unspecified atom stereocenters. The minimum atomic E-state index is -1.52. The third kappa shape index (κ3) is 5.84. The summed E-state index contributed by atoms with van der Waals surface area (Å²) in [6.45, 7) is 19.4.